The molecule has 11 nitrogen and oxygen atoms in total. The highest BCUT2D eigenvalue weighted by Gasteiger charge is 2.28. The molecular weight excluding hydrogens is 757 g/mol. The van der Waals surface area contributed by atoms with E-state index in [1.54, 1.807) is 0 Å². The Hall–Kier alpha value is -2.56. The number of phosphoric ester groups is 1. The molecule has 12 heteroatoms. The summed E-state index contributed by atoms with van der Waals surface area (Å²) in [7, 11) is -4.72. The summed E-state index contributed by atoms with van der Waals surface area (Å²) in [5.41, 5.74) is 5.34. The Balaban J connectivity index is 4.36. The molecular formula is C46H82NO10P. The van der Waals surface area contributed by atoms with Gasteiger partial charge in [0.25, 0.3) is 0 Å². The average molecular weight is 840 g/mol. The van der Waals surface area contributed by atoms with Gasteiger partial charge >= 0.3 is 25.7 Å². The number of hydrogen-bond acceptors (Lipinski definition) is 9. The van der Waals surface area contributed by atoms with Gasteiger partial charge in [-0.15, -0.1) is 0 Å². The van der Waals surface area contributed by atoms with Crippen LogP contribution >= 0.6 is 7.82 Å². The highest BCUT2D eigenvalue weighted by Crippen LogP contribution is 2.43. The minimum Gasteiger partial charge on any atom is -0.480 e. The summed E-state index contributed by atoms with van der Waals surface area (Å²) in [5.74, 6) is -2.39. The van der Waals surface area contributed by atoms with Gasteiger partial charge in [-0.2, -0.15) is 0 Å². The first-order valence-electron chi connectivity index (χ1n) is 22.7. The summed E-state index contributed by atoms with van der Waals surface area (Å²) < 4.78 is 32.7. The van der Waals surface area contributed by atoms with Crippen LogP contribution in [0.4, 0.5) is 0 Å². The molecule has 336 valence electrons. The van der Waals surface area contributed by atoms with E-state index in [4.69, 9.17) is 24.8 Å². The van der Waals surface area contributed by atoms with Crippen molar-refractivity contribution in [3.63, 3.8) is 0 Å². The van der Waals surface area contributed by atoms with E-state index in [0.717, 1.165) is 83.5 Å². The van der Waals surface area contributed by atoms with E-state index < -0.39 is 51.1 Å². The van der Waals surface area contributed by atoms with E-state index in [2.05, 4.69) is 67.0 Å². The fourth-order valence-corrected chi connectivity index (χ4v) is 6.83. The standard InChI is InChI=1S/C46H82NO10P/c1-3-5-7-9-11-13-15-17-19-20-21-22-24-26-28-30-32-34-36-38-45(49)57-42(40-55-58(52,53)56-41-43(47)46(50)51)39-54-44(48)37-35-33-31-29-27-25-23-18-16-14-12-10-8-6-4-2/h5,7,11,13,17,19,21-22,42-43H,3-4,6,8-10,12,14-16,18,20,23-41,47H2,1-2H3,(H,50,51)(H,52,53)/b7-5-,13-11-,19-17-,22-21-. The van der Waals surface area contributed by atoms with Gasteiger partial charge in [0.15, 0.2) is 6.10 Å². The second kappa shape index (κ2) is 41.2. The largest absolute Gasteiger partial charge is 0.480 e. The number of aliphatic carboxylic acids is 1. The number of ether oxygens (including phenoxy) is 2. The van der Waals surface area contributed by atoms with Gasteiger partial charge in [-0.25, -0.2) is 4.57 Å². The van der Waals surface area contributed by atoms with Gasteiger partial charge in [-0.3, -0.25) is 23.4 Å². The second-order valence-corrected chi connectivity index (χ2v) is 16.6. The van der Waals surface area contributed by atoms with E-state index in [1.807, 2.05) is 0 Å². The third-order valence-electron chi connectivity index (χ3n) is 9.59. The second-order valence-electron chi connectivity index (χ2n) is 15.2. The number of rotatable bonds is 42. The van der Waals surface area contributed by atoms with E-state index in [9.17, 15) is 23.8 Å². The zero-order valence-corrected chi connectivity index (χ0v) is 37.3. The summed E-state index contributed by atoms with van der Waals surface area (Å²) in [5, 5.41) is 8.90. The minimum atomic E-state index is -4.72. The van der Waals surface area contributed by atoms with Gasteiger partial charge in [-0.1, -0.05) is 178 Å². The van der Waals surface area contributed by atoms with Crippen molar-refractivity contribution in [1.82, 2.24) is 0 Å². The Bertz CT molecular complexity index is 1170. The lowest BCUT2D eigenvalue weighted by molar-refractivity contribution is -0.161. The molecule has 0 aliphatic carbocycles. The number of allylic oxidation sites excluding steroid dienone is 8. The quantitative estimate of drug-likeness (QED) is 0.0231. The topological polar surface area (TPSA) is 172 Å². The lowest BCUT2D eigenvalue weighted by Crippen LogP contribution is -2.34. The van der Waals surface area contributed by atoms with Gasteiger partial charge in [0, 0.05) is 12.8 Å². The normalized spacial score (nSPS) is 14.1. The van der Waals surface area contributed by atoms with Crippen molar-refractivity contribution in [3.05, 3.63) is 48.6 Å². The molecule has 0 aromatic rings. The molecule has 0 bridgehead atoms. The predicted octanol–water partition coefficient (Wildman–Crippen LogP) is 12.2. The van der Waals surface area contributed by atoms with Crippen LogP contribution in [0.15, 0.2) is 48.6 Å². The Kier molecular flexibility index (Phi) is 39.4. The lowest BCUT2D eigenvalue weighted by Gasteiger charge is -2.20. The number of nitrogens with two attached hydrogens (primary N) is 1. The van der Waals surface area contributed by atoms with Crippen LogP contribution in [-0.4, -0.2) is 59.9 Å². The highest BCUT2D eigenvalue weighted by molar-refractivity contribution is 7.47. The third-order valence-corrected chi connectivity index (χ3v) is 10.5. The van der Waals surface area contributed by atoms with Gasteiger partial charge in [0.05, 0.1) is 13.2 Å². The van der Waals surface area contributed by atoms with Crippen LogP contribution in [0.1, 0.15) is 194 Å². The van der Waals surface area contributed by atoms with Crippen molar-refractivity contribution in [2.45, 2.75) is 206 Å². The molecule has 0 aromatic heterocycles. The maximum atomic E-state index is 12.6. The Morgan fingerprint density at radius 2 is 0.966 bits per heavy atom. The summed E-state index contributed by atoms with van der Waals surface area (Å²) in [6.07, 6.45) is 46.0. The maximum absolute atomic E-state index is 12.6. The van der Waals surface area contributed by atoms with Crippen LogP contribution in [-0.2, 0) is 37.5 Å². The van der Waals surface area contributed by atoms with Crippen molar-refractivity contribution < 1.29 is 47.5 Å². The summed E-state index contributed by atoms with van der Waals surface area (Å²) >= 11 is 0. The molecule has 0 rings (SSSR count). The fourth-order valence-electron chi connectivity index (χ4n) is 6.06. The van der Waals surface area contributed by atoms with Gasteiger partial charge in [0.2, 0.25) is 0 Å². The molecule has 58 heavy (non-hydrogen) atoms. The van der Waals surface area contributed by atoms with Crippen molar-refractivity contribution in [2.24, 2.45) is 5.73 Å². The van der Waals surface area contributed by atoms with Crippen LogP contribution in [0.3, 0.4) is 0 Å². The zero-order valence-electron chi connectivity index (χ0n) is 36.4. The highest BCUT2D eigenvalue weighted by atomic mass is 31.2. The molecule has 0 aliphatic rings. The van der Waals surface area contributed by atoms with Crippen molar-refractivity contribution in [2.75, 3.05) is 19.8 Å². The van der Waals surface area contributed by atoms with Crippen LogP contribution in [0.5, 0.6) is 0 Å². The van der Waals surface area contributed by atoms with E-state index in [0.29, 0.717) is 12.8 Å². The Morgan fingerprint density at radius 3 is 1.45 bits per heavy atom. The fraction of sp³-hybridized carbons (Fsp3) is 0.761. The van der Waals surface area contributed by atoms with Crippen LogP contribution in [0.25, 0.3) is 0 Å². The first-order valence-corrected chi connectivity index (χ1v) is 24.2. The van der Waals surface area contributed by atoms with Crippen molar-refractivity contribution in [3.8, 4) is 0 Å². The Labute approximate surface area is 352 Å². The number of carboxylic acids is 1. The third kappa shape index (κ3) is 40.2. The maximum Gasteiger partial charge on any atom is 0.472 e. The molecule has 3 atom stereocenters. The first-order chi connectivity index (χ1) is 28.1. The van der Waals surface area contributed by atoms with Gasteiger partial charge in [-0.05, 0) is 51.4 Å². The molecule has 3 unspecified atom stereocenters. The van der Waals surface area contributed by atoms with Gasteiger partial charge < -0.3 is 25.2 Å². The first kappa shape index (κ1) is 55.4. The summed E-state index contributed by atoms with van der Waals surface area (Å²) in [6, 6.07) is -1.52. The predicted molar refractivity (Wildman–Crippen MR) is 235 cm³/mol. The number of unbranched alkanes of at least 4 members (excludes halogenated alkanes) is 20. The van der Waals surface area contributed by atoms with Crippen LogP contribution in [0.2, 0.25) is 0 Å². The SMILES string of the molecule is CC/C=C\C/C=C\C/C=C\C/C=C\CCCCCCCCC(=O)OC(COC(=O)CCCCCCCCCCCCCCCCC)COP(=O)(O)OCC(N)C(=O)O. The molecule has 4 N–H and O–H groups in total. The molecule has 0 fully saturated rings. The molecule has 0 aliphatic heterocycles. The number of carboxylic acid groups (broad SMARTS) is 1. The Morgan fingerprint density at radius 1 is 0.552 bits per heavy atom. The number of phosphoric acid groups is 1. The number of esters is 2. The number of carbonyl (C=O) groups is 3. The minimum absolute atomic E-state index is 0.145. The van der Waals surface area contributed by atoms with Crippen LogP contribution < -0.4 is 5.73 Å². The molecule has 0 spiro atoms. The van der Waals surface area contributed by atoms with Crippen molar-refractivity contribution in [1.29, 1.82) is 0 Å². The van der Waals surface area contributed by atoms with E-state index in [-0.39, 0.29) is 19.4 Å². The molecule has 0 saturated carbocycles. The van der Waals surface area contributed by atoms with E-state index in [1.165, 1.54) is 70.6 Å². The molecule has 0 aromatic carbocycles. The smallest absolute Gasteiger partial charge is 0.472 e. The van der Waals surface area contributed by atoms with Crippen LogP contribution in [0, 0.1) is 0 Å². The summed E-state index contributed by atoms with van der Waals surface area (Å²) in [6.45, 7) is 2.69. The zero-order chi connectivity index (χ0) is 42.8. The monoisotopic (exact) mass is 840 g/mol. The average Bonchev–Trinajstić information content (AvgIpc) is 3.20. The molecule has 0 amide bonds. The van der Waals surface area contributed by atoms with Crippen molar-refractivity contribution >= 4 is 25.7 Å². The molecule has 0 radical (unpaired) electrons. The molecule has 0 heterocycles. The number of carbonyl (C=O) groups excluding carboxylic acids is 2. The van der Waals surface area contributed by atoms with E-state index >= 15 is 0 Å². The number of hydrogen-bond donors (Lipinski definition) is 3. The summed E-state index contributed by atoms with van der Waals surface area (Å²) in [4.78, 5) is 46.0. The lowest BCUT2D eigenvalue weighted by atomic mass is 10.0. The molecule has 0 saturated heterocycles. The van der Waals surface area contributed by atoms with Gasteiger partial charge in [0.1, 0.15) is 12.6 Å².